The summed E-state index contributed by atoms with van der Waals surface area (Å²) in [5.74, 6) is 0.979. The molecule has 125 valence electrons. The maximum atomic E-state index is 5.27. The van der Waals surface area contributed by atoms with Gasteiger partial charge in [0.15, 0.2) is 0 Å². The molecule has 2 aromatic carbocycles. The van der Waals surface area contributed by atoms with Gasteiger partial charge in [-0.15, -0.1) is 12.1 Å². The molecule has 1 unspecified atom stereocenters. The molecule has 0 amide bonds. The van der Waals surface area contributed by atoms with Crippen LogP contribution in [0.15, 0.2) is 55.3 Å². The Bertz CT molecular complexity index is 774. The zero-order valence-corrected chi connectivity index (χ0v) is 16.5. The minimum atomic E-state index is 0. The van der Waals surface area contributed by atoms with E-state index in [1.165, 1.54) is 28.5 Å². The number of benzene rings is 2. The monoisotopic (exact) mass is 493 g/mol. The largest absolute Gasteiger partial charge is 0.509 e. The van der Waals surface area contributed by atoms with Crippen LogP contribution in [-0.2, 0) is 20.1 Å². The summed E-state index contributed by atoms with van der Waals surface area (Å²) >= 11 is 0. The number of allylic oxidation sites excluding steroid dienone is 4. The summed E-state index contributed by atoms with van der Waals surface area (Å²) in [6.07, 6.45) is 9.03. The second kappa shape index (κ2) is 7.79. The molecule has 0 spiro atoms. The second-order valence-electron chi connectivity index (χ2n) is 5.93. The van der Waals surface area contributed by atoms with Crippen molar-refractivity contribution >= 4 is 5.57 Å². The van der Waals surface area contributed by atoms with E-state index < -0.39 is 0 Å². The molecule has 0 aromatic heterocycles. The Morgan fingerprint density at radius 2 is 1.83 bits per heavy atom. The van der Waals surface area contributed by atoms with E-state index in [4.69, 9.17) is 4.74 Å². The van der Waals surface area contributed by atoms with Crippen molar-refractivity contribution in [1.82, 2.24) is 0 Å². The van der Waals surface area contributed by atoms with Gasteiger partial charge in [-0.05, 0) is 31.9 Å². The first-order chi connectivity index (χ1) is 11.1. The van der Waals surface area contributed by atoms with Crippen molar-refractivity contribution in [3.8, 4) is 5.75 Å². The number of hydrogen-bond acceptors (Lipinski definition) is 1. The van der Waals surface area contributed by atoms with Gasteiger partial charge in [-0.3, -0.25) is 0 Å². The van der Waals surface area contributed by atoms with E-state index in [1.54, 1.807) is 0 Å². The van der Waals surface area contributed by atoms with E-state index in [-0.39, 0.29) is 26.0 Å². The maximum Gasteiger partial charge on any atom is 0.0703 e. The zero-order chi connectivity index (χ0) is 16.4. The number of hydrogen-bond donors (Lipinski definition) is 0. The maximum absolute atomic E-state index is 5.27. The molecule has 0 N–H and O–H groups in total. The standard InChI is InChI=1S/C22H20O.Ir/c1-5-23-19-11-9-18(10-12-19)20-7-6-8-21(20)22-16(3)13-15(2)14-17(22)4;/h5-6,8-9,11-14,21H,1H2,2-4H3;/q-2;. The fourth-order valence-electron chi connectivity index (χ4n) is 3.34. The molecular formula is C22H20IrO-2. The minimum Gasteiger partial charge on any atom is -0.509 e. The van der Waals surface area contributed by atoms with Crippen LogP contribution in [-0.4, -0.2) is 0 Å². The normalized spacial score (nSPS) is 15.6. The van der Waals surface area contributed by atoms with Crippen LogP contribution in [0, 0.1) is 32.9 Å². The fraction of sp³-hybridized carbons (Fsp3) is 0.182. The quantitative estimate of drug-likeness (QED) is 0.406. The van der Waals surface area contributed by atoms with E-state index in [0.29, 0.717) is 0 Å². The minimum absolute atomic E-state index is 0. The average Bonchev–Trinajstić information content (AvgIpc) is 2.96. The Balaban J connectivity index is 0.00000208. The van der Waals surface area contributed by atoms with Gasteiger partial charge in [0.2, 0.25) is 0 Å². The second-order valence-corrected chi connectivity index (χ2v) is 5.93. The Kier molecular flexibility index (Phi) is 5.99. The van der Waals surface area contributed by atoms with Crippen LogP contribution in [0.1, 0.15) is 33.7 Å². The number of rotatable bonds is 4. The van der Waals surface area contributed by atoms with Crippen LogP contribution in [0.2, 0.25) is 0 Å². The first-order valence-electron chi connectivity index (χ1n) is 7.77. The van der Waals surface area contributed by atoms with Crippen LogP contribution in [0.5, 0.6) is 5.75 Å². The van der Waals surface area contributed by atoms with E-state index in [9.17, 15) is 0 Å². The summed E-state index contributed by atoms with van der Waals surface area (Å²) in [6.45, 7) is 10.1. The van der Waals surface area contributed by atoms with Gasteiger partial charge in [0.05, 0.1) is 6.26 Å². The molecule has 0 bridgehead atoms. The number of aryl methyl sites for hydroxylation is 3. The third kappa shape index (κ3) is 3.61. The molecule has 3 rings (SSSR count). The molecule has 0 heterocycles. The molecule has 0 aliphatic heterocycles. The number of ether oxygens (including phenoxy) is 1. The fourth-order valence-corrected chi connectivity index (χ4v) is 3.34. The van der Waals surface area contributed by atoms with Gasteiger partial charge in [0, 0.05) is 25.9 Å². The molecule has 1 radical (unpaired) electrons. The van der Waals surface area contributed by atoms with E-state index in [1.807, 2.05) is 24.3 Å². The van der Waals surface area contributed by atoms with E-state index in [2.05, 4.69) is 57.7 Å². The molecule has 1 aliphatic carbocycles. The van der Waals surface area contributed by atoms with Gasteiger partial charge in [0.1, 0.15) is 0 Å². The summed E-state index contributed by atoms with van der Waals surface area (Å²) in [7, 11) is 0. The van der Waals surface area contributed by atoms with Crippen molar-refractivity contribution < 1.29 is 24.8 Å². The van der Waals surface area contributed by atoms with Gasteiger partial charge >= 0.3 is 0 Å². The SMILES string of the molecule is C=COc1c[c-]c(C2=[C-]C=CC2c2c(C)cc(C)cc2C)cc1.[Ir]. The molecule has 1 aliphatic rings. The topological polar surface area (TPSA) is 9.23 Å². The summed E-state index contributed by atoms with van der Waals surface area (Å²) in [6, 6.07) is 13.6. The summed E-state index contributed by atoms with van der Waals surface area (Å²) < 4.78 is 5.27. The van der Waals surface area contributed by atoms with Gasteiger partial charge in [-0.25, -0.2) is 23.3 Å². The third-order valence-corrected chi connectivity index (χ3v) is 4.18. The Labute approximate surface area is 158 Å². The van der Waals surface area contributed by atoms with Gasteiger partial charge < -0.3 is 4.74 Å². The Morgan fingerprint density at radius 1 is 1.12 bits per heavy atom. The molecule has 0 saturated carbocycles. The Hall–Kier alpha value is -1.89. The molecule has 24 heavy (non-hydrogen) atoms. The van der Waals surface area contributed by atoms with Gasteiger partial charge in [-0.1, -0.05) is 35.8 Å². The summed E-state index contributed by atoms with van der Waals surface area (Å²) in [5.41, 5.74) is 7.53. The van der Waals surface area contributed by atoms with Crippen molar-refractivity contribution in [1.29, 1.82) is 0 Å². The third-order valence-electron chi connectivity index (χ3n) is 4.18. The predicted molar refractivity (Wildman–Crippen MR) is 95.3 cm³/mol. The van der Waals surface area contributed by atoms with Crippen LogP contribution in [0.25, 0.3) is 5.57 Å². The van der Waals surface area contributed by atoms with Crippen molar-refractivity contribution in [3.63, 3.8) is 0 Å². The van der Waals surface area contributed by atoms with Crippen LogP contribution in [0.4, 0.5) is 0 Å². The summed E-state index contributed by atoms with van der Waals surface area (Å²) in [5, 5.41) is 0. The molecule has 1 atom stereocenters. The zero-order valence-electron chi connectivity index (χ0n) is 14.1. The molecule has 1 nitrogen and oxygen atoms in total. The first kappa shape index (κ1) is 18.4. The van der Waals surface area contributed by atoms with Crippen LogP contribution < -0.4 is 4.74 Å². The predicted octanol–water partition coefficient (Wildman–Crippen LogP) is 5.47. The van der Waals surface area contributed by atoms with Crippen LogP contribution in [0.3, 0.4) is 0 Å². The van der Waals surface area contributed by atoms with Crippen molar-refractivity contribution in [3.05, 3.63) is 95.3 Å². The average molecular weight is 493 g/mol. The first-order valence-corrected chi connectivity index (χ1v) is 7.77. The van der Waals surface area contributed by atoms with Crippen molar-refractivity contribution in [2.75, 3.05) is 0 Å². The van der Waals surface area contributed by atoms with Crippen molar-refractivity contribution in [2.24, 2.45) is 0 Å². The van der Waals surface area contributed by atoms with Gasteiger partial charge in [0.25, 0.3) is 0 Å². The molecular weight excluding hydrogens is 472 g/mol. The summed E-state index contributed by atoms with van der Waals surface area (Å²) in [4.78, 5) is 0. The van der Waals surface area contributed by atoms with E-state index >= 15 is 0 Å². The molecule has 2 aromatic rings. The smallest absolute Gasteiger partial charge is 0.0703 e. The molecule has 2 heteroatoms. The molecule has 0 fully saturated rings. The van der Waals surface area contributed by atoms with Crippen LogP contribution >= 0.6 is 0 Å². The van der Waals surface area contributed by atoms with E-state index in [0.717, 1.165) is 16.9 Å². The van der Waals surface area contributed by atoms with Gasteiger partial charge in [-0.2, -0.15) is 18.2 Å². The van der Waals surface area contributed by atoms with Crippen molar-refractivity contribution in [2.45, 2.75) is 26.7 Å². The Morgan fingerprint density at radius 3 is 2.42 bits per heavy atom. The molecule has 0 saturated heterocycles.